The summed E-state index contributed by atoms with van der Waals surface area (Å²) in [7, 11) is 3.04. The Bertz CT molecular complexity index is 835. The van der Waals surface area contributed by atoms with Crippen molar-refractivity contribution in [3.63, 3.8) is 0 Å². The summed E-state index contributed by atoms with van der Waals surface area (Å²) in [5.74, 6) is 0.747. The van der Waals surface area contributed by atoms with Crippen molar-refractivity contribution in [3.8, 4) is 11.5 Å². The lowest BCUT2D eigenvalue weighted by molar-refractivity contribution is 0.0915. The number of rotatable bonds is 6. The van der Waals surface area contributed by atoms with Crippen LogP contribution >= 0.6 is 0 Å². The number of cyclic esters (lactones) is 1. The minimum Gasteiger partial charge on any atom is -0.493 e. The number of nitrogens with zero attached hydrogens (tertiary/aromatic N) is 1. The fraction of sp³-hybridized carbons (Fsp3) is 0.300. The van der Waals surface area contributed by atoms with Gasteiger partial charge in [0.15, 0.2) is 11.5 Å². The highest BCUT2D eigenvalue weighted by molar-refractivity contribution is 5.95. The minimum absolute atomic E-state index is 0.223. The van der Waals surface area contributed by atoms with Crippen LogP contribution in [0, 0.1) is 6.92 Å². The summed E-state index contributed by atoms with van der Waals surface area (Å²) in [6.07, 6.45) is -0.827. The molecule has 1 unspecified atom stereocenters. The second-order valence-corrected chi connectivity index (χ2v) is 6.23. The van der Waals surface area contributed by atoms with E-state index in [0.29, 0.717) is 23.6 Å². The highest BCUT2D eigenvalue weighted by Gasteiger charge is 2.32. The molecule has 2 aromatic rings. The first-order valence-corrected chi connectivity index (χ1v) is 8.57. The molecule has 2 aromatic carbocycles. The molecule has 7 nitrogen and oxygen atoms in total. The van der Waals surface area contributed by atoms with Crippen LogP contribution in [-0.2, 0) is 4.74 Å². The maximum Gasteiger partial charge on any atom is 0.414 e. The molecular formula is C20H22N2O5. The van der Waals surface area contributed by atoms with Crippen molar-refractivity contribution in [1.29, 1.82) is 0 Å². The van der Waals surface area contributed by atoms with E-state index in [1.54, 1.807) is 23.1 Å². The number of amides is 2. The second kappa shape index (κ2) is 7.99. The number of hydrogen-bond donors (Lipinski definition) is 1. The van der Waals surface area contributed by atoms with E-state index in [9.17, 15) is 9.59 Å². The number of carbonyl (C=O) groups excluding carboxylic acids is 2. The first-order chi connectivity index (χ1) is 13.0. The molecule has 27 heavy (non-hydrogen) atoms. The average Bonchev–Trinajstić information content (AvgIpc) is 3.06. The molecule has 1 N–H and O–H groups in total. The highest BCUT2D eigenvalue weighted by Crippen LogP contribution is 2.27. The van der Waals surface area contributed by atoms with Gasteiger partial charge in [-0.25, -0.2) is 4.79 Å². The normalized spacial score (nSPS) is 16.0. The van der Waals surface area contributed by atoms with Crippen LogP contribution in [0.1, 0.15) is 15.9 Å². The molecule has 7 heteroatoms. The first-order valence-electron chi connectivity index (χ1n) is 8.57. The van der Waals surface area contributed by atoms with E-state index in [1.807, 2.05) is 31.2 Å². The number of ether oxygens (including phenoxy) is 3. The molecule has 0 bridgehead atoms. The van der Waals surface area contributed by atoms with Crippen molar-refractivity contribution in [2.45, 2.75) is 13.0 Å². The lowest BCUT2D eigenvalue weighted by Gasteiger charge is -2.13. The van der Waals surface area contributed by atoms with Crippen LogP contribution in [0.4, 0.5) is 10.5 Å². The Kier molecular flexibility index (Phi) is 5.49. The van der Waals surface area contributed by atoms with E-state index < -0.39 is 12.2 Å². The lowest BCUT2D eigenvalue weighted by Crippen LogP contribution is -2.34. The van der Waals surface area contributed by atoms with Gasteiger partial charge in [0.25, 0.3) is 5.91 Å². The van der Waals surface area contributed by atoms with Gasteiger partial charge in [0.1, 0.15) is 6.10 Å². The fourth-order valence-corrected chi connectivity index (χ4v) is 2.85. The Morgan fingerprint density at radius 3 is 2.52 bits per heavy atom. The van der Waals surface area contributed by atoms with Gasteiger partial charge in [0.05, 0.1) is 27.3 Å². The summed E-state index contributed by atoms with van der Waals surface area (Å²) in [5, 5.41) is 2.79. The van der Waals surface area contributed by atoms with Gasteiger partial charge in [-0.3, -0.25) is 9.69 Å². The van der Waals surface area contributed by atoms with Crippen LogP contribution in [0.5, 0.6) is 11.5 Å². The minimum atomic E-state index is -0.414. The molecule has 0 spiro atoms. The molecule has 1 atom stereocenters. The second-order valence-electron chi connectivity index (χ2n) is 6.23. The summed E-state index contributed by atoms with van der Waals surface area (Å²) >= 11 is 0. The fourth-order valence-electron chi connectivity index (χ4n) is 2.85. The van der Waals surface area contributed by atoms with Crippen molar-refractivity contribution < 1.29 is 23.8 Å². The number of hydrogen-bond acceptors (Lipinski definition) is 5. The largest absolute Gasteiger partial charge is 0.493 e. The number of nitrogens with one attached hydrogen (secondary N) is 1. The molecule has 0 saturated carbocycles. The first kappa shape index (κ1) is 18.6. The summed E-state index contributed by atoms with van der Waals surface area (Å²) in [6, 6.07) is 12.6. The quantitative estimate of drug-likeness (QED) is 0.846. The van der Waals surface area contributed by atoms with Crippen molar-refractivity contribution >= 4 is 17.7 Å². The molecule has 0 aromatic heterocycles. The molecule has 142 valence electrons. The highest BCUT2D eigenvalue weighted by atomic mass is 16.6. The average molecular weight is 370 g/mol. The van der Waals surface area contributed by atoms with Gasteiger partial charge < -0.3 is 19.5 Å². The third-order valence-electron chi connectivity index (χ3n) is 4.36. The van der Waals surface area contributed by atoms with E-state index in [0.717, 1.165) is 11.3 Å². The number of carbonyl (C=O) groups is 2. The van der Waals surface area contributed by atoms with Gasteiger partial charge in [-0.2, -0.15) is 0 Å². The Labute approximate surface area is 157 Å². The Balaban J connectivity index is 1.59. The predicted octanol–water partition coefficient (Wildman–Crippen LogP) is 2.77. The molecule has 0 radical (unpaired) electrons. The van der Waals surface area contributed by atoms with Crippen LogP contribution in [0.25, 0.3) is 0 Å². The topological polar surface area (TPSA) is 77.1 Å². The zero-order chi connectivity index (χ0) is 19.4. The molecule has 1 saturated heterocycles. The van der Waals surface area contributed by atoms with Crippen LogP contribution in [-0.4, -0.2) is 45.4 Å². The molecular weight excluding hydrogens is 348 g/mol. The van der Waals surface area contributed by atoms with Gasteiger partial charge in [-0.05, 0) is 37.3 Å². The van der Waals surface area contributed by atoms with Crippen molar-refractivity contribution in [1.82, 2.24) is 5.32 Å². The van der Waals surface area contributed by atoms with E-state index >= 15 is 0 Å². The molecule has 3 rings (SSSR count). The predicted molar refractivity (Wildman–Crippen MR) is 101 cm³/mol. The molecule has 1 fully saturated rings. The molecule has 1 aliphatic heterocycles. The van der Waals surface area contributed by atoms with Gasteiger partial charge in [0, 0.05) is 11.3 Å². The van der Waals surface area contributed by atoms with E-state index in [1.165, 1.54) is 14.2 Å². The lowest BCUT2D eigenvalue weighted by atomic mass is 10.2. The van der Waals surface area contributed by atoms with E-state index in [-0.39, 0.29) is 12.5 Å². The monoisotopic (exact) mass is 370 g/mol. The SMILES string of the molecule is COc1ccc(C(=O)NCC2CN(c3ccc(C)cc3)C(=O)O2)cc1OC. The van der Waals surface area contributed by atoms with Crippen molar-refractivity contribution in [3.05, 3.63) is 53.6 Å². The summed E-state index contributed by atoms with van der Waals surface area (Å²) in [4.78, 5) is 26.0. The van der Waals surface area contributed by atoms with Crippen LogP contribution < -0.4 is 19.7 Å². The van der Waals surface area contributed by atoms with Crippen LogP contribution in [0.15, 0.2) is 42.5 Å². The Hall–Kier alpha value is -3.22. The van der Waals surface area contributed by atoms with E-state index in [2.05, 4.69) is 5.32 Å². The van der Waals surface area contributed by atoms with Crippen LogP contribution in [0.2, 0.25) is 0 Å². The van der Waals surface area contributed by atoms with Gasteiger partial charge >= 0.3 is 6.09 Å². The standard InChI is InChI=1S/C20H22N2O5/c1-13-4-7-15(8-5-13)22-12-16(27-20(22)24)11-21-19(23)14-6-9-17(25-2)18(10-14)26-3/h4-10,16H,11-12H2,1-3H3,(H,21,23). The summed E-state index contributed by atoms with van der Waals surface area (Å²) in [5.41, 5.74) is 2.33. The third kappa shape index (κ3) is 4.13. The molecule has 1 aliphatic rings. The zero-order valence-corrected chi connectivity index (χ0v) is 15.5. The Morgan fingerprint density at radius 2 is 1.85 bits per heavy atom. The van der Waals surface area contributed by atoms with Crippen molar-refractivity contribution in [2.75, 3.05) is 32.2 Å². The smallest absolute Gasteiger partial charge is 0.414 e. The molecule has 2 amide bonds. The zero-order valence-electron chi connectivity index (χ0n) is 15.5. The van der Waals surface area contributed by atoms with Crippen LogP contribution in [0.3, 0.4) is 0 Å². The molecule has 1 heterocycles. The maximum atomic E-state index is 12.4. The summed E-state index contributed by atoms with van der Waals surface area (Å²) < 4.78 is 15.7. The van der Waals surface area contributed by atoms with Crippen molar-refractivity contribution in [2.24, 2.45) is 0 Å². The number of methoxy groups -OCH3 is 2. The molecule has 0 aliphatic carbocycles. The number of aryl methyl sites for hydroxylation is 1. The van der Waals surface area contributed by atoms with Gasteiger partial charge in [-0.15, -0.1) is 0 Å². The van der Waals surface area contributed by atoms with Gasteiger partial charge in [-0.1, -0.05) is 17.7 Å². The third-order valence-corrected chi connectivity index (χ3v) is 4.36. The summed E-state index contributed by atoms with van der Waals surface area (Å²) in [6.45, 7) is 2.59. The Morgan fingerprint density at radius 1 is 1.15 bits per heavy atom. The van der Waals surface area contributed by atoms with Gasteiger partial charge in [0.2, 0.25) is 0 Å². The number of benzene rings is 2. The van der Waals surface area contributed by atoms with E-state index in [4.69, 9.17) is 14.2 Å². The maximum absolute atomic E-state index is 12.4. The number of anilines is 1.